The number of nitrogens with zero attached hydrogens (tertiary/aromatic N) is 1. The van der Waals surface area contributed by atoms with Gasteiger partial charge in [-0.2, -0.15) is 0 Å². The van der Waals surface area contributed by atoms with Gasteiger partial charge in [-0.3, -0.25) is 0 Å². The quantitative estimate of drug-likeness (QED) is 0.828. The molecule has 0 aromatic heterocycles. The van der Waals surface area contributed by atoms with Crippen LogP contribution in [0.5, 0.6) is 0 Å². The molecule has 0 bridgehead atoms. The minimum Gasteiger partial charge on any atom is -0.341 e. The van der Waals surface area contributed by atoms with Crippen molar-refractivity contribution in [2.75, 3.05) is 19.4 Å². The molecule has 2 N–H and O–H groups in total. The van der Waals surface area contributed by atoms with Crippen molar-refractivity contribution in [2.24, 2.45) is 0 Å². The summed E-state index contributed by atoms with van der Waals surface area (Å²) in [7, 11) is 2.79. The summed E-state index contributed by atoms with van der Waals surface area (Å²) in [5.41, 5.74) is 0.458. The van der Waals surface area contributed by atoms with Gasteiger partial charge in [0.2, 0.25) is 0 Å². The lowest BCUT2D eigenvalue weighted by molar-refractivity contribution is 0.203. The van der Waals surface area contributed by atoms with Crippen LogP contribution in [0.3, 0.4) is 0 Å². The summed E-state index contributed by atoms with van der Waals surface area (Å²) in [5, 5.41) is 5.56. The monoisotopic (exact) mass is 275 g/mol. The molecule has 0 fully saturated rings. The van der Waals surface area contributed by atoms with Crippen LogP contribution in [0.1, 0.15) is 0 Å². The molecular weight excluding hydrogens is 265 g/mol. The van der Waals surface area contributed by atoms with Crippen molar-refractivity contribution in [3.63, 3.8) is 0 Å². The Morgan fingerprint density at radius 2 is 1.82 bits per heavy atom. The van der Waals surface area contributed by atoms with Gasteiger partial charge in [0.15, 0.2) is 0 Å². The Bertz CT molecular complexity index is 451. The van der Waals surface area contributed by atoms with Crippen molar-refractivity contribution in [3.8, 4) is 0 Å². The van der Waals surface area contributed by atoms with Crippen LogP contribution in [0.2, 0.25) is 10.0 Å². The molecule has 1 aromatic rings. The zero-order valence-electron chi connectivity index (χ0n) is 9.25. The van der Waals surface area contributed by atoms with Gasteiger partial charge in [-0.05, 0) is 18.2 Å². The van der Waals surface area contributed by atoms with Crippen molar-refractivity contribution in [2.45, 2.75) is 0 Å². The van der Waals surface area contributed by atoms with Gasteiger partial charge in [0, 0.05) is 19.8 Å². The van der Waals surface area contributed by atoms with Crippen LogP contribution >= 0.6 is 23.2 Å². The van der Waals surface area contributed by atoms with E-state index in [9.17, 15) is 9.59 Å². The van der Waals surface area contributed by atoms with Gasteiger partial charge in [0.1, 0.15) is 0 Å². The number of carbonyl (C=O) groups is 2. The fourth-order valence-electron chi connectivity index (χ4n) is 1.04. The first kappa shape index (κ1) is 13.6. The van der Waals surface area contributed by atoms with E-state index in [2.05, 4.69) is 10.6 Å². The lowest BCUT2D eigenvalue weighted by Gasteiger charge is -2.15. The third-order valence-electron chi connectivity index (χ3n) is 1.99. The summed E-state index contributed by atoms with van der Waals surface area (Å²) in [6.45, 7) is 0. The topological polar surface area (TPSA) is 61.4 Å². The number of imide groups is 1. The van der Waals surface area contributed by atoms with E-state index in [1.807, 2.05) is 0 Å². The Kier molecular flexibility index (Phi) is 4.60. The standard InChI is InChI=1S/C10H11Cl2N3O2/c1-13-9(16)15(2)10(17)14-6-3-4-7(11)8(12)5-6/h3-5H,1-2H3,(H,13,16)(H,14,17). The highest BCUT2D eigenvalue weighted by molar-refractivity contribution is 6.42. The molecule has 17 heavy (non-hydrogen) atoms. The average Bonchev–Trinajstić information content (AvgIpc) is 2.31. The van der Waals surface area contributed by atoms with Gasteiger partial charge in [0.25, 0.3) is 0 Å². The molecule has 0 saturated heterocycles. The molecule has 0 spiro atoms. The molecule has 5 nitrogen and oxygen atoms in total. The molecule has 0 unspecified atom stereocenters. The van der Waals surface area contributed by atoms with E-state index in [4.69, 9.17) is 23.2 Å². The number of halogens is 2. The maximum atomic E-state index is 11.6. The molecule has 0 heterocycles. The third-order valence-corrected chi connectivity index (χ3v) is 2.73. The number of carbonyl (C=O) groups excluding carboxylic acids is 2. The van der Waals surface area contributed by atoms with Crippen LogP contribution in [0, 0.1) is 0 Å². The minimum absolute atomic E-state index is 0.326. The molecular formula is C10H11Cl2N3O2. The van der Waals surface area contributed by atoms with E-state index in [-0.39, 0.29) is 0 Å². The number of nitrogens with one attached hydrogen (secondary N) is 2. The van der Waals surface area contributed by atoms with Gasteiger partial charge >= 0.3 is 12.1 Å². The minimum atomic E-state index is -0.567. The summed E-state index contributed by atoms with van der Waals surface area (Å²) in [6.07, 6.45) is 0. The van der Waals surface area contributed by atoms with Crippen molar-refractivity contribution in [1.82, 2.24) is 10.2 Å². The highest BCUT2D eigenvalue weighted by Crippen LogP contribution is 2.25. The number of hydrogen-bond acceptors (Lipinski definition) is 2. The third kappa shape index (κ3) is 3.51. The maximum absolute atomic E-state index is 11.6. The molecule has 0 aliphatic carbocycles. The molecule has 0 saturated carbocycles. The first-order chi connectivity index (χ1) is 7.95. The maximum Gasteiger partial charge on any atom is 0.329 e. The Hall–Kier alpha value is -1.46. The molecule has 1 aromatic carbocycles. The number of benzene rings is 1. The first-order valence-corrected chi connectivity index (χ1v) is 5.42. The van der Waals surface area contributed by atoms with E-state index < -0.39 is 12.1 Å². The van der Waals surface area contributed by atoms with Crippen LogP contribution < -0.4 is 10.6 Å². The molecule has 0 radical (unpaired) electrons. The number of urea groups is 2. The summed E-state index contributed by atoms with van der Waals surface area (Å²) < 4.78 is 0. The number of rotatable bonds is 1. The van der Waals surface area contributed by atoms with Gasteiger partial charge in [0.05, 0.1) is 10.0 Å². The van der Waals surface area contributed by atoms with Crippen molar-refractivity contribution in [1.29, 1.82) is 0 Å². The zero-order valence-corrected chi connectivity index (χ0v) is 10.8. The fourth-order valence-corrected chi connectivity index (χ4v) is 1.34. The van der Waals surface area contributed by atoms with E-state index in [0.717, 1.165) is 4.90 Å². The normalized spacial score (nSPS) is 9.65. The summed E-state index contributed by atoms with van der Waals surface area (Å²) >= 11 is 11.5. The Morgan fingerprint density at radius 3 is 2.35 bits per heavy atom. The second-order valence-corrected chi connectivity index (χ2v) is 3.99. The smallest absolute Gasteiger partial charge is 0.329 e. The lowest BCUT2D eigenvalue weighted by Crippen LogP contribution is -2.41. The summed E-state index contributed by atoms with van der Waals surface area (Å²) in [5.74, 6) is 0. The Morgan fingerprint density at radius 1 is 1.18 bits per heavy atom. The number of hydrogen-bond donors (Lipinski definition) is 2. The van der Waals surface area contributed by atoms with E-state index in [0.29, 0.717) is 15.7 Å². The van der Waals surface area contributed by atoms with Crippen LogP contribution in [-0.4, -0.2) is 31.1 Å². The number of amides is 4. The second-order valence-electron chi connectivity index (χ2n) is 3.17. The van der Waals surface area contributed by atoms with Crippen LogP contribution in [-0.2, 0) is 0 Å². The zero-order chi connectivity index (χ0) is 13.0. The van der Waals surface area contributed by atoms with E-state index in [1.54, 1.807) is 12.1 Å². The van der Waals surface area contributed by atoms with Crippen LogP contribution in [0.25, 0.3) is 0 Å². The van der Waals surface area contributed by atoms with Gasteiger partial charge in [-0.1, -0.05) is 23.2 Å². The van der Waals surface area contributed by atoms with Gasteiger partial charge < -0.3 is 10.6 Å². The summed E-state index contributed by atoms with van der Waals surface area (Å²) in [6, 6.07) is 3.56. The Balaban J connectivity index is 2.74. The first-order valence-electron chi connectivity index (χ1n) is 4.67. The van der Waals surface area contributed by atoms with Crippen molar-refractivity contribution < 1.29 is 9.59 Å². The average molecular weight is 276 g/mol. The van der Waals surface area contributed by atoms with Crippen LogP contribution in [0.15, 0.2) is 18.2 Å². The lowest BCUT2D eigenvalue weighted by atomic mass is 10.3. The molecule has 92 valence electrons. The molecule has 0 aliphatic rings. The second kappa shape index (κ2) is 5.75. The molecule has 0 atom stereocenters. The largest absolute Gasteiger partial charge is 0.341 e. The molecule has 7 heteroatoms. The fraction of sp³-hybridized carbons (Fsp3) is 0.200. The van der Waals surface area contributed by atoms with Gasteiger partial charge in [-0.25, -0.2) is 14.5 Å². The highest BCUT2D eigenvalue weighted by atomic mass is 35.5. The molecule has 0 aliphatic heterocycles. The van der Waals surface area contributed by atoms with Crippen molar-refractivity contribution >= 4 is 41.0 Å². The molecule has 4 amide bonds. The summed E-state index contributed by atoms with van der Waals surface area (Å²) in [4.78, 5) is 23.7. The van der Waals surface area contributed by atoms with E-state index in [1.165, 1.54) is 20.2 Å². The SMILES string of the molecule is CNC(=O)N(C)C(=O)Nc1ccc(Cl)c(Cl)c1. The number of anilines is 1. The molecule has 1 rings (SSSR count). The highest BCUT2D eigenvalue weighted by Gasteiger charge is 2.15. The predicted octanol–water partition coefficient (Wildman–Crippen LogP) is 2.80. The Labute approximate surface area is 109 Å². The van der Waals surface area contributed by atoms with E-state index >= 15 is 0 Å². The van der Waals surface area contributed by atoms with Gasteiger partial charge in [-0.15, -0.1) is 0 Å². The van der Waals surface area contributed by atoms with Crippen molar-refractivity contribution in [3.05, 3.63) is 28.2 Å². The predicted molar refractivity (Wildman–Crippen MR) is 67.7 cm³/mol. The van der Waals surface area contributed by atoms with Crippen LogP contribution in [0.4, 0.5) is 15.3 Å².